The van der Waals surface area contributed by atoms with Gasteiger partial charge in [-0.15, -0.1) is 0 Å². The van der Waals surface area contributed by atoms with Crippen LogP contribution in [0.5, 0.6) is 0 Å². The molecule has 2 aromatic rings. The zero-order valence-corrected chi connectivity index (χ0v) is 9.79. The molecule has 3 N–H and O–H groups in total. The first-order valence-electron chi connectivity index (χ1n) is 4.89. The van der Waals surface area contributed by atoms with Crippen molar-refractivity contribution in [3.8, 4) is 0 Å². The quantitative estimate of drug-likeness (QED) is 0.807. The van der Waals surface area contributed by atoms with Crippen molar-refractivity contribution >= 4 is 28.8 Å². The summed E-state index contributed by atoms with van der Waals surface area (Å²) in [5, 5.41) is 2.85. The Kier molecular flexibility index (Phi) is 3.10. The number of aryl methyl sites for hydroxylation is 1. The van der Waals surface area contributed by atoms with Crippen LogP contribution in [0.3, 0.4) is 0 Å². The van der Waals surface area contributed by atoms with E-state index < -0.39 is 0 Å². The SMILES string of the molecule is Cc1nc(Cl)nc(Nc2ccccc2F)c1N. The van der Waals surface area contributed by atoms with Crippen molar-refractivity contribution in [2.24, 2.45) is 0 Å². The monoisotopic (exact) mass is 252 g/mol. The maximum atomic E-state index is 13.4. The number of hydrogen-bond donors (Lipinski definition) is 2. The van der Waals surface area contributed by atoms with Crippen molar-refractivity contribution in [1.29, 1.82) is 0 Å². The van der Waals surface area contributed by atoms with E-state index in [2.05, 4.69) is 15.3 Å². The van der Waals surface area contributed by atoms with Gasteiger partial charge in [0.1, 0.15) is 5.82 Å². The normalized spacial score (nSPS) is 10.3. The average Bonchev–Trinajstić information content (AvgIpc) is 2.28. The molecule has 0 unspecified atom stereocenters. The Hall–Kier alpha value is -1.88. The number of nitrogens with zero attached hydrogens (tertiary/aromatic N) is 2. The number of nitrogen functional groups attached to an aromatic ring is 1. The molecule has 1 aromatic carbocycles. The predicted molar refractivity (Wildman–Crippen MR) is 65.9 cm³/mol. The van der Waals surface area contributed by atoms with E-state index in [9.17, 15) is 4.39 Å². The lowest BCUT2D eigenvalue weighted by Crippen LogP contribution is -2.04. The number of anilines is 3. The number of para-hydroxylation sites is 1. The number of halogens is 2. The van der Waals surface area contributed by atoms with Crippen molar-refractivity contribution < 1.29 is 4.39 Å². The van der Waals surface area contributed by atoms with Gasteiger partial charge in [-0.1, -0.05) is 12.1 Å². The highest BCUT2D eigenvalue weighted by atomic mass is 35.5. The van der Waals surface area contributed by atoms with Gasteiger partial charge in [-0.25, -0.2) is 9.37 Å². The Labute approximate surface area is 103 Å². The van der Waals surface area contributed by atoms with Crippen LogP contribution in [0.4, 0.5) is 21.6 Å². The van der Waals surface area contributed by atoms with Crippen LogP contribution in [0, 0.1) is 12.7 Å². The second-order valence-electron chi connectivity index (χ2n) is 3.45. The molecule has 1 heterocycles. The molecule has 0 spiro atoms. The smallest absolute Gasteiger partial charge is 0.224 e. The first kappa shape index (κ1) is 11.6. The van der Waals surface area contributed by atoms with E-state index in [0.29, 0.717) is 17.2 Å². The van der Waals surface area contributed by atoms with Crippen LogP contribution >= 0.6 is 11.6 Å². The van der Waals surface area contributed by atoms with E-state index in [1.165, 1.54) is 6.07 Å². The van der Waals surface area contributed by atoms with E-state index in [1.54, 1.807) is 25.1 Å². The number of benzene rings is 1. The van der Waals surface area contributed by atoms with E-state index in [0.717, 1.165) is 0 Å². The molecule has 0 saturated heterocycles. The molecule has 0 radical (unpaired) electrons. The van der Waals surface area contributed by atoms with Crippen LogP contribution in [0.1, 0.15) is 5.69 Å². The topological polar surface area (TPSA) is 63.8 Å². The van der Waals surface area contributed by atoms with Crippen LogP contribution in [0.25, 0.3) is 0 Å². The summed E-state index contributed by atoms with van der Waals surface area (Å²) in [6.07, 6.45) is 0. The zero-order valence-electron chi connectivity index (χ0n) is 9.04. The minimum absolute atomic E-state index is 0.0653. The molecule has 88 valence electrons. The Morgan fingerprint density at radius 1 is 1.29 bits per heavy atom. The number of hydrogen-bond acceptors (Lipinski definition) is 4. The fourth-order valence-electron chi connectivity index (χ4n) is 1.33. The van der Waals surface area contributed by atoms with E-state index >= 15 is 0 Å². The summed E-state index contributed by atoms with van der Waals surface area (Å²) in [5.74, 6) is -0.0908. The number of nitrogens with one attached hydrogen (secondary N) is 1. The molecule has 2 rings (SSSR count). The summed E-state index contributed by atoms with van der Waals surface area (Å²) in [6, 6.07) is 6.23. The number of aromatic nitrogens is 2. The second kappa shape index (κ2) is 4.55. The van der Waals surface area contributed by atoms with Gasteiger partial charge < -0.3 is 11.1 Å². The third-order valence-corrected chi connectivity index (χ3v) is 2.40. The number of nitrogens with two attached hydrogens (primary N) is 1. The molecule has 0 bridgehead atoms. The Morgan fingerprint density at radius 3 is 2.71 bits per heavy atom. The van der Waals surface area contributed by atoms with Gasteiger partial charge in [0, 0.05) is 0 Å². The van der Waals surface area contributed by atoms with Gasteiger partial charge in [-0.05, 0) is 30.7 Å². The lowest BCUT2D eigenvalue weighted by molar-refractivity contribution is 0.632. The first-order valence-corrected chi connectivity index (χ1v) is 5.27. The predicted octanol–water partition coefficient (Wildman–Crippen LogP) is 2.90. The number of rotatable bonds is 2. The molecule has 0 aliphatic rings. The standard InChI is InChI=1S/C11H10ClFN4/c1-6-9(14)10(17-11(12)15-6)16-8-5-3-2-4-7(8)13/h2-5H,14H2,1H3,(H,15,16,17). The van der Waals surface area contributed by atoms with Crippen LogP contribution in [0.2, 0.25) is 5.28 Å². The van der Waals surface area contributed by atoms with Crippen molar-refractivity contribution in [3.63, 3.8) is 0 Å². The molecule has 0 saturated carbocycles. The van der Waals surface area contributed by atoms with Crippen LogP contribution in [-0.4, -0.2) is 9.97 Å². The third-order valence-electron chi connectivity index (χ3n) is 2.24. The second-order valence-corrected chi connectivity index (χ2v) is 3.78. The summed E-state index contributed by atoms with van der Waals surface area (Å²) in [7, 11) is 0. The summed E-state index contributed by atoms with van der Waals surface area (Å²) in [5.41, 5.74) is 6.96. The van der Waals surface area contributed by atoms with E-state index in [4.69, 9.17) is 17.3 Å². The fourth-order valence-corrected chi connectivity index (χ4v) is 1.54. The molecule has 6 heteroatoms. The van der Waals surface area contributed by atoms with Gasteiger partial charge in [0.25, 0.3) is 0 Å². The van der Waals surface area contributed by atoms with Gasteiger partial charge in [0.2, 0.25) is 5.28 Å². The Balaban J connectivity index is 2.40. The average molecular weight is 253 g/mol. The highest BCUT2D eigenvalue weighted by molar-refractivity contribution is 6.28. The molecule has 4 nitrogen and oxygen atoms in total. The van der Waals surface area contributed by atoms with Crippen molar-refractivity contribution in [3.05, 3.63) is 41.1 Å². The minimum atomic E-state index is -0.390. The Morgan fingerprint density at radius 2 is 2.00 bits per heavy atom. The highest BCUT2D eigenvalue weighted by Gasteiger charge is 2.09. The van der Waals surface area contributed by atoms with Gasteiger partial charge >= 0.3 is 0 Å². The van der Waals surface area contributed by atoms with Gasteiger partial charge in [0.15, 0.2) is 5.82 Å². The molecule has 0 atom stereocenters. The van der Waals surface area contributed by atoms with Crippen LogP contribution < -0.4 is 11.1 Å². The van der Waals surface area contributed by atoms with Crippen LogP contribution in [0.15, 0.2) is 24.3 Å². The van der Waals surface area contributed by atoms with Crippen molar-refractivity contribution in [2.45, 2.75) is 6.92 Å². The lowest BCUT2D eigenvalue weighted by atomic mass is 10.3. The third kappa shape index (κ3) is 2.45. The zero-order chi connectivity index (χ0) is 12.4. The molecule has 0 aliphatic heterocycles. The van der Waals surface area contributed by atoms with Crippen molar-refractivity contribution in [1.82, 2.24) is 9.97 Å². The maximum absolute atomic E-state index is 13.4. The van der Waals surface area contributed by atoms with Crippen LogP contribution in [-0.2, 0) is 0 Å². The molecular formula is C11H10ClFN4. The van der Waals surface area contributed by atoms with E-state index in [-0.39, 0.29) is 16.8 Å². The molecule has 0 aliphatic carbocycles. The first-order chi connectivity index (χ1) is 8.08. The summed E-state index contributed by atoms with van der Waals surface area (Å²) < 4.78 is 13.4. The lowest BCUT2D eigenvalue weighted by Gasteiger charge is -2.10. The fraction of sp³-hybridized carbons (Fsp3) is 0.0909. The molecule has 0 fully saturated rings. The molecular weight excluding hydrogens is 243 g/mol. The van der Waals surface area contributed by atoms with E-state index in [1.807, 2.05) is 0 Å². The van der Waals surface area contributed by atoms with Gasteiger partial charge in [-0.2, -0.15) is 4.98 Å². The Bertz CT molecular complexity index is 559. The minimum Gasteiger partial charge on any atom is -0.394 e. The van der Waals surface area contributed by atoms with Gasteiger partial charge in [0.05, 0.1) is 17.1 Å². The maximum Gasteiger partial charge on any atom is 0.224 e. The highest BCUT2D eigenvalue weighted by Crippen LogP contribution is 2.25. The molecule has 0 amide bonds. The molecule has 17 heavy (non-hydrogen) atoms. The molecule has 1 aromatic heterocycles. The van der Waals surface area contributed by atoms with Gasteiger partial charge in [-0.3, -0.25) is 0 Å². The summed E-state index contributed by atoms with van der Waals surface area (Å²) >= 11 is 5.72. The largest absolute Gasteiger partial charge is 0.394 e. The summed E-state index contributed by atoms with van der Waals surface area (Å²) in [4.78, 5) is 7.81. The summed E-state index contributed by atoms with van der Waals surface area (Å²) in [6.45, 7) is 1.70. The van der Waals surface area contributed by atoms with Crippen molar-refractivity contribution in [2.75, 3.05) is 11.1 Å².